The van der Waals surface area contributed by atoms with Crippen LogP contribution in [-0.4, -0.2) is 49.3 Å². The molecule has 0 amide bonds. The molecule has 4 heteroatoms. The van der Waals surface area contributed by atoms with E-state index in [0.29, 0.717) is 0 Å². The first kappa shape index (κ1) is 14.3. The molecule has 0 unspecified atom stereocenters. The van der Waals surface area contributed by atoms with Gasteiger partial charge in [0.25, 0.3) is 0 Å². The van der Waals surface area contributed by atoms with Crippen molar-refractivity contribution in [3.05, 3.63) is 29.8 Å². The van der Waals surface area contributed by atoms with Gasteiger partial charge in [0.15, 0.2) is 0 Å². The first-order chi connectivity index (χ1) is 9.26. The van der Waals surface area contributed by atoms with Crippen LogP contribution in [0.15, 0.2) is 24.3 Å². The highest BCUT2D eigenvalue weighted by molar-refractivity contribution is 7.80. The molecule has 1 fully saturated rings. The Morgan fingerprint density at radius 2 is 1.74 bits per heavy atom. The summed E-state index contributed by atoms with van der Waals surface area (Å²) < 4.78 is 5.36. The fourth-order valence-corrected chi connectivity index (χ4v) is 2.67. The summed E-state index contributed by atoms with van der Waals surface area (Å²) in [4.78, 5) is 5.50. The second kappa shape index (κ2) is 6.87. The van der Waals surface area contributed by atoms with Crippen LogP contribution in [-0.2, 0) is 4.74 Å². The molecule has 2 rings (SSSR count). The van der Waals surface area contributed by atoms with E-state index in [1.54, 1.807) is 0 Å². The summed E-state index contributed by atoms with van der Waals surface area (Å²) in [5.74, 6) is 0. The number of thiocarbonyl (C=S) groups is 1. The van der Waals surface area contributed by atoms with Crippen LogP contribution in [0.4, 0.5) is 5.69 Å². The van der Waals surface area contributed by atoms with Gasteiger partial charge in [-0.2, -0.15) is 0 Å². The van der Waals surface area contributed by atoms with E-state index in [2.05, 4.69) is 47.9 Å². The van der Waals surface area contributed by atoms with E-state index in [0.717, 1.165) is 49.9 Å². The lowest BCUT2D eigenvalue weighted by Gasteiger charge is -2.29. The first-order valence-corrected chi connectivity index (χ1v) is 7.39. The predicted octanol–water partition coefficient (Wildman–Crippen LogP) is 2.54. The minimum atomic E-state index is 0.775. The molecule has 1 saturated heterocycles. The highest BCUT2D eigenvalue weighted by atomic mass is 32.1. The fraction of sp³-hybridized carbons (Fsp3) is 0.533. The lowest BCUT2D eigenvalue weighted by atomic mass is 10.1. The number of benzene rings is 1. The van der Waals surface area contributed by atoms with Crippen molar-refractivity contribution >= 4 is 22.9 Å². The van der Waals surface area contributed by atoms with Gasteiger partial charge in [0.05, 0.1) is 13.2 Å². The molecule has 0 saturated carbocycles. The van der Waals surface area contributed by atoms with Crippen molar-refractivity contribution in [3.63, 3.8) is 0 Å². The fourth-order valence-electron chi connectivity index (χ4n) is 2.35. The van der Waals surface area contributed by atoms with Crippen LogP contribution in [0.5, 0.6) is 0 Å². The van der Waals surface area contributed by atoms with Gasteiger partial charge < -0.3 is 14.5 Å². The summed E-state index contributed by atoms with van der Waals surface area (Å²) in [7, 11) is 0. The minimum absolute atomic E-state index is 0.775. The second-order valence-electron chi connectivity index (χ2n) is 4.62. The third kappa shape index (κ3) is 3.45. The van der Waals surface area contributed by atoms with Gasteiger partial charge in [-0.3, -0.25) is 0 Å². The summed E-state index contributed by atoms with van der Waals surface area (Å²) in [5, 5.41) is 0. The van der Waals surface area contributed by atoms with Gasteiger partial charge >= 0.3 is 0 Å². The minimum Gasteiger partial charge on any atom is -0.378 e. The van der Waals surface area contributed by atoms with Gasteiger partial charge in [-0.15, -0.1) is 0 Å². The molecule has 0 radical (unpaired) electrons. The van der Waals surface area contributed by atoms with Crippen molar-refractivity contribution < 1.29 is 4.74 Å². The van der Waals surface area contributed by atoms with Gasteiger partial charge in [-0.25, -0.2) is 0 Å². The number of anilines is 1. The molecule has 0 atom stereocenters. The Morgan fingerprint density at radius 3 is 2.26 bits per heavy atom. The molecule has 0 aromatic heterocycles. The molecular formula is C15H22N2OS. The SMILES string of the molecule is CCN(CC)c1ccc(C(=S)N2CCOCC2)cc1. The van der Waals surface area contributed by atoms with Crippen molar-refractivity contribution in [3.8, 4) is 0 Å². The number of hydrogen-bond donors (Lipinski definition) is 0. The third-order valence-corrected chi connectivity index (χ3v) is 4.04. The number of rotatable bonds is 4. The highest BCUT2D eigenvalue weighted by Gasteiger charge is 2.15. The molecule has 1 aliphatic rings. The molecule has 1 heterocycles. The van der Waals surface area contributed by atoms with Crippen molar-refractivity contribution in [1.82, 2.24) is 4.90 Å². The molecule has 0 aliphatic carbocycles. The largest absolute Gasteiger partial charge is 0.378 e. The molecule has 0 N–H and O–H groups in total. The monoisotopic (exact) mass is 278 g/mol. The Balaban J connectivity index is 2.06. The zero-order valence-electron chi connectivity index (χ0n) is 11.8. The van der Waals surface area contributed by atoms with E-state index < -0.39 is 0 Å². The van der Waals surface area contributed by atoms with Crippen molar-refractivity contribution in [2.24, 2.45) is 0 Å². The van der Waals surface area contributed by atoms with Gasteiger partial charge in [0.1, 0.15) is 4.99 Å². The van der Waals surface area contributed by atoms with E-state index >= 15 is 0 Å². The molecule has 0 bridgehead atoms. The Labute approximate surface area is 121 Å². The number of nitrogens with zero attached hydrogens (tertiary/aromatic N) is 2. The molecular weight excluding hydrogens is 256 g/mol. The smallest absolute Gasteiger partial charge is 0.109 e. The summed E-state index contributed by atoms with van der Waals surface area (Å²) in [6, 6.07) is 8.58. The number of ether oxygens (including phenoxy) is 1. The van der Waals surface area contributed by atoms with Crippen LogP contribution >= 0.6 is 12.2 Å². The lowest BCUT2D eigenvalue weighted by Crippen LogP contribution is -2.40. The molecule has 104 valence electrons. The Hall–Kier alpha value is -1.13. The van der Waals surface area contributed by atoms with Crippen molar-refractivity contribution in [2.75, 3.05) is 44.3 Å². The van der Waals surface area contributed by atoms with Crippen LogP contribution in [0.2, 0.25) is 0 Å². The highest BCUT2D eigenvalue weighted by Crippen LogP contribution is 2.17. The summed E-state index contributed by atoms with van der Waals surface area (Å²) in [5.41, 5.74) is 2.39. The molecule has 1 aromatic rings. The van der Waals surface area contributed by atoms with Crippen LogP contribution in [0.1, 0.15) is 19.4 Å². The Morgan fingerprint density at radius 1 is 1.16 bits per heavy atom. The topological polar surface area (TPSA) is 15.7 Å². The third-order valence-electron chi connectivity index (χ3n) is 3.54. The average molecular weight is 278 g/mol. The lowest BCUT2D eigenvalue weighted by molar-refractivity contribution is 0.0693. The molecule has 1 aliphatic heterocycles. The van der Waals surface area contributed by atoms with Crippen LogP contribution in [0, 0.1) is 0 Å². The normalized spacial score (nSPS) is 15.4. The van der Waals surface area contributed by atoms with Crippen LogP contribution in [0.3, 0.4) is 0 Å². The van der Waals surface area contributed by atoms with Crippen molar-refractivity contribution in [2.45, 2.75) is 13.8 Å². The van der Waals surface area contributed by atoms with E-state index in [1.165, 1.54) is 5.69 Å². The Kier molecular flexibility index (Phi) is 5.16. The van der Waals surface area contributed by atoms with Gasteiger partial charge in [-0.1, -0.05) is 12.2 Å². The van der Waals surface area contributed by atoms with Crippen LogP contribution in [0.25, 0.3) is 0 Å². The maximum Gasteiger partial charge on any atom is 0.109 e. The van der Waals surface area contributed by atoms with E-state index in [-0.39, 0.29) is 0 Å². The molecule has 3 nitrogen and oxygen atoms in total. The maximum absolute atomic E-state index is 5.56. The second-order valence-corrected chi connectivity index (χ2v) is 5.01. The summed E-state index contributed by atoms with van der Waals surface area (Å²) in [6.07, 6.45) is 0. The Bertz CT molecular complexity index is 409. The van der Waals surface area contributed by atoms with Gasteiger partial charge in [-0.05, 0) is 38.1 Å². The average Bonchev–Trinajstić information content (AvgIpc) is 2.49. The summed E-state index contributed by atoms with van der Waals surface area (Å²) in [6.45, 7) is 9.77. The zero-order chi connectivity index (χ0) is 13.7. The van der Waals surface area contributed by atoms with Gasteiger partial charge in [0, 0.05) is 37.4 Å². The molecule has 1 aromatic carbocycles. The first-order valence-electron chi connectivity index (χ1n) is 6.98. The van der Waals surface area contributed by atoms with Crippen molar-refractivity contribution in [1.29, 1.82) is 0 Å². The quantitative estimate of drug-likeness (QED) is 0.786. The van der Waals surface area contributed by atoms with E-state index in [1.807, 2.05) is 0 Å². The molecule has 0 spiro atoms. The van der Waals surface area contributed by atoms with E-state index in [4.69, 9.17) is 17.0 Å². The summed E-state index contributed by atoms with van der Waals surface area (Å²) >= 11 is 5.56. The predicted molar refractivity (Wildman–Crippen MR) is 84.1 cm³/mol. The standard InChI is InChI=1S/C15H22N2OS/c1-3-16(4-2)14-7-5-13(6-8-14)15(19)17-9-11-18-12-10-17/h5-8H,3-4,9-12H2,1-2H3. The van der Waals surface area contributed by atoms with Gasteiger partial charge in [0.2, 0.25) is 0 Å². The van der Waals surface area contributed by atoms with E-state index in [9.17, 15) is 0 Å². The number of morpholine rings is 1. The van der Waals surface area contributed by atoms with Crippen LogP contribution < -0.4 is 4.90 Å². The molecule has 19 heavy (non-hydrogen) atoms. The maximum atomic E-state index is 5.56. The zero-order valence-corrected chi connectivity index (χ0v) is 12.6. The number of hydrogen-bond acceptors (Lipinski definition) is 3.